The quantitative estimate of drug-likeness (QED) is 0.733. The van der Waals surface area contributed by atoms with Crippen molar-refractivity contribution >= 4 is 0 Å². The van der Waals surface area contributed by atoms with Crippen molar-refractivity contribution in [2.45, 2.75) is 39.8 Å². The Bertz CT molecular complexity index is 254. The van der Waals surface area contributed by atoms with Gasteiger partial charge in [-0.25, -0.2) is 4.68 Å². The van der Waals surface area contributed by atoms with Crippen LogP contribution in [0.3, 0.4) is 0 Å². The second-order valence-corrected chi connectivity index (χ2v) is 3.03. The molecule has 1 rings (SSSR count). The second-order valence-electron chi connectivity index (χ2n) is 3.03. The van der Waals surface area contributed by atoms with Crippen LogP contribution in [0, 0.1) is 6.92 Å². The lowest BCUT2D eigenvalue weighted by molar-refractivity contribution is 0.455. The first-order chi connectivity index (χ1) is 5.70. The van der Waals surface area contributed by atoms with Gasteiger partial charge in [0.15, 0.2) is 0 Å². The molecule has 0 amide bonds. The van der Waals surface area contributed by atoms with E-state index in [0.717, 1.165) is 17.8 Å². The van der Waals surface area contributed by atoms with E-state index in [1.165, 1.54) is 0 Å². The first kappa shape index (κ1) is 9.19. The molecule has 68 valence electrons. The summed E-state index contributed by atoms with van der Waals surface area (Å²) in [5, 5.41) is 8.04. The number of hydrogen-bond donors (Lipinski definition) is 1. The summed E-state index contributed by atoms with van der Waals surface area (Å²) in [4.78, 5) is 0. The van der Waals surface area contributed by atoms with E-state index in [1.54, 1.807) is 0 Å². The van der Waals surface area contributed by atoms with Crippen molar-refractivity contribution in [2.75, 3.05) is 0 Å². The normalized spacial score (nSPS) is 13.3. The molecule has 0 aliphatic rings. The predicted octanol–water partition coefficient (Wildman–Crippen LogP) is 1.02. The highest BCUT2D eigenvalue weighted by atomic mass is 15.4. The van der Waals surface area contributed by atoms with Gasteiger partial charge in [-0.15, -0.1) is 5.10 Å². The molecule has 0 bridgehead atoms. The van der Waals surface area contributed by atoms with Gasteiger partial charge in [-0.2, -0.15) is 0 Å². The number of hydrogen-bond acceptors (Lipinski definition) is 3. The molecule has 0 radical (unpaired) electrons. The van der Waals surface area contributed by atoms with Gasteiger partial charge >= 0.3 is 0 Å². The number of aromatic nitrogens is 3. The standard InChI is InChI=1S/C8H16N4/c1-4-6(2)12-7(3)8(5-9)10-11-12/h6H,4-5,9H2,1-3H3. The molecule has 12 heavy (non-hydrogen) atoms. The molecule has 1 unspecified atom stereocenters. The minimum atomic E-state index is 0.415. The zero-order valence-electron chi connectivity index (χ0n) is 7.91. The van der Waals surface area contributed by atoms with Crippen LogP contribution in [0.15, 0.2) is 0 Å². The van der Waals surface area contributed by atoms with Crippen LogP contribution in [-0.2, 0) is 6.54 Å². The summed E-state index contributed by atoms with van der Waals surface area (Å²) in [6, 6.07) is 0.415. The monoisotopic (exact) mass is 168 g/mol. The van der Waals surface area contributed by atoms with Crippen LogP contribution in [-0.4, -0.2) is 15.0 Å². The summed E-state index contributed by atoms with van der Waals surface area (Å²) in [5.74, 6) is 0. The van der Waals surface area contributed by atoms with E-state index in [1.807, 2.05) is 11.6 Å². The fourth-order valence-corrected chi connectivity index (χ4v) is 1.15. The summed E-state index contributed by atoms with van der Waals surface area (Å²) in [6.07, 6.45) is 1.06. The molecule has 2 N–H and O–H groups in total. The van der Waals surface area contributed by atoms with Crippen molar-refractivity contribution in [1.82, 2.24) is 15.0 Å². The Labute approximate surface area is 72.8 Å². The third-order valence-corrected chi connectivity index (χ3v) is 2.22. The first-order valence-corrected chi connectivity index (χ1v) is 4.31. The summed E-state index contributed by atoms with van der Waals surface area (Å²) < 4.78 is 1.93. The van der Waals surface area contributed by atoms with Gasteiger partial charge in [-0.3, -0.25) is 0 Å². The van der Waals surface area contributed by atoms with E-state index in [9.17, 15) is 0 Å². The van der Waals surface area contributed by atoms with Gasteiger partial charge in [0.05, 0.1) is 17.4 Å². The molecule has 1 aromatic rings. The lowest BCUT2D eigenvalue weighted by atomic mass is 10.2. The van der Waals surface area contributed by atoms with Gasteiger partial charge < -0.3 is 5.73 Å². The van der Waals surface area contributed by atoms with Crippen LogP contribution in [0.25, 0.3) is 0 Å². The lowest BCUT2D eigenvalue weighted by Crippen LogP contribution is -2.08. The average Bonchev–Trinajstić information content (AvgIpc) is 2.45. The summed E-state index contributed by atoms with van der Waals surface area (Å²) in [6.45, 7) is 6.74. The Morgan fingerprint density at radius 2 is 2.25 bits per heavy atom. The van der Waals surface area contributed by atoms with Crippen molar-refractivity contribution in [2.24, 2.45) is 5.73 Å². The Morgan fingerprint density at radius 3 is 2.67 bits per heavy atom. The Kier molecular flexibility index (Phi) is 2.81. The van der Waals surface area contributed by atoms with E-state index in [-0.39, 0.29) is 0 Å². The predicted molar refractivity (Wildman–Crippen MR) is 47.7 cm³/mol. The third kappa shape index (κ3) is 1.48. The molecular formula is C8H16N4. The highest BCUT2D eigenvalue weighted by Gasteiger charge is 2.10. The molecule has 0 aliphatic heterocycles. The molecule has 0 saturated carbocycles. The van der Waals surface area contributed by atoms with Gasteiger partial charge in [0.25, 0.3) is 0 Å². The largest absolute Gasteiger partial charge is 0.325 e. The molecule has 1 atom stereocenters. The third-order valence-electron chi connectivity index (χ3n) is 2.22. The molecular weight excluding hydrogens is 152 g/mol. The topological polar surface area (TPSA) is 56.7 Å². The molecule has 0 spiro atoms. The Morgan fingerprint density at radius 1 is 1.58 bits per heavy atom. The number of rotatable bonds is 3. The zero-order valence-corrected chi connectivity index (χ0v) is 7.91. The van der Waals surface area contributed by atoms with Crippen molar-refractivity contribution in [1.29, 1.82) is 0 Å². The van der Waals surface area contributed by atoms with Crippen molar-refractivity contribution < 1.29 is 0 Å². The van der Waals surface area contributed by atoms with Crippen LogP contribution < -0.4 is 5.73 Å². The van der Waals surface area contributed by atoms with Crippen LogP contribution in [0.2, 0.25) is 0 Å². The van der Waals surface area contributed by atoms with Gasteiger partial charge in [0, 0.05) is 6.54 Å². The van der Waals surface area contributed by atoms with Crippen LogP contribution in [0.5, 0.6) is 0 Å². The fraction of sp³-hybridized carbons (Fsp3) is 0.750. The summed E-state index contributed by atoms with van der Waals surface area (Å²) in [5.41, 5.74) is 7.48. The van der Waals surface area contributed by atoms with Crippen LogP contribution >= 0.6 is 0 Å². The highest BCUT2D eigenvalue weighted by Crippen LogP contribution is 2.12. The maximum atomic E-state index is 5.49. The molecule has 0 aromatic carbocycles. The van der Waals surface area contributed by atoms with E-state index >= 15 is 0 Å². The minimum absolute atomic E-state index is 0.415. The highest BCUT2D eigenvalue weighted by molar-refractivity contribution is 5.07. The van der Waals surface area contributed by atoms with Crippen LogP contribution in [0.4, 0.5) is 0 Å². The molecule has 0 saturated heterocycles. The fourth-order valence-electron chi connectivity index (χ4n) is 1.15. The first-order valence-electron chi connectivity index (χ1n) is 4.31. The van der Waals surface area contributed by atoms with Gasteiger partial charge in [0.1, 0.15) is 0 Å². The molecule has 0 fully saturated rings. The molecule has 4 heteroatoms. The molecule has 4 nitrogen and oxygen atoms in total. The summed E-state index contributed by atoms with van der Waals surface area (Å²) >= 11 is 0. The average molecular weight is 168 g/mol. The Hall–Kier alpha value is -0.900. The number of nitrogens with zero attached hydrogens (tertiary/aromatic N) is 3. The van der Waals surface area contributed by atoms with Gasteiger partial charge in [-0.05, 0) is 20.3 Å². The van der Waals surface area contributed by atoms with Gasteiger partial charge in [-0.1, -0.05) is 12.1 Å². The SMILES string of the molecule is CCC(C)n1nnc(CN)c1C. The maximum Gasteiger partial charge on any atom is 0.0991 e. The van der Waals surface area contributed by atoms with E-state index in [0.29, 0.717) is 12.6 Å². The number of nitrogens with two attached hydrogens (primary N) is 1. The Balaban J connectivity index is 2.93. The molecule has 0 aliphatic carbocycles. The van der Waals surface area contributed by atoms with Gasteiger partial charge in [0.2, 0.25) is 0 Å². The van der Waals surface area contributed by atoms with E-state index in [4.69, 9.17) is 5.73 Å². The van der Waals surface area contributed by atoms with Crippen molar-refractivity contribution in [3.63, 3.8) is 0 Å². The van der Waals surface area contributed by atoms with Crippen molar-refractivity contribution in [3.8, 4) is 0 Å². The zero-order chi connectivity index (χ0) is 9.14. The molecule has 1 heterocycles. The smallest absolute Gasteiger partial charge is 0.0991 e. The maximum absolute atomic E-state index is 5.49. The van der Waals surface area contributed by atoms with E-state index < -0.39 is 0 Å². The van der Waals surface area contributed by atoms with E-state index in [2.05, 4.69) is 24.2 Å². The van der Waals surface area contributed by atoms with Crippen LogP contribution in [0.1, 0.15) is 37.7 Å². The molecule has 1 aromatic heterocycles. The summed E-state index contributed by atoms with van der Waals surface area (Å²) in [7, 11) is 0. The second kappa shape index (κ2) is 3.67. The van der Waals surface area contributed by atoms with Crippen molar-refractivity contribution in [3.05, 3.63) is 11.4 Å². The lowest BCUT2D eigenvalue weighted by Gasteiger charge is -2.09. The minimum Gasteiger partial charge on any atom is -0.325 e.